The Morgan fingerprint density at radius 2 is 1.52 bits per heavy atom. The van der Waals surface area contributed by atoms with Crippen LogP contribution < -0.4 is 9.80 Å². The predicted octanol–water partition coefficient (Wildman–Crippen LogP) is 2.39. The summed E-state index contributed by atoms with van der Waals surface area (Å²) in [6.45, 7) is 7.91. The first kappa shape index (κ1) is 18.9. The molecule has 3 fully saturated rings. The van der Waals surface area contributed by atoms with Crippen LogP contribution >= 0.6 is 0 Å². The molecule has 0 spiro atoms. The number of aliphatic hydroxyl groups excluding tert-OH is 1. The summed E-state index contributed by atoms with van der Waals surface area (Å²) in [4.78, 5) is 16.5. The molecule has 0 amide bonds. The first-order valence-corrected chi connectivity index (χ1v) is 11.0. The van der Waals surface area contributed by atoms with E-state index in [1.54, 1.807) is 6.33 Å². The van der Waals surface area contributed by atoms with Crippen molar-refractivity contribution in [3.63, 3.8) is 0 Å². The molecule has 6 heteroatoms. The van der Waals surface area contributed by atoms with Crippen molar-refractivity contribution in [3.8, 4) is 0 Å². The van der Waals surface area contributed by atoms with Gasteiger partial charge in [-0.15, -0.1) is 0 Å². The average Bonchev–Trinajstić information content (AvgIpc) is 2.75. The van der Waals surface area contributed by atoms with E-state index in [4.69, 9.17) is 0 Å². The van der Waals surface area contributed by atoms with Gasteiger partial charge in [0, 0.05) is 58.5 Å². The van der Waals surface area contributed by atoms with Crippen LogP contribution in [0.3, 0.4) is 0 Å². The van der Waals surface area contributed by atoms with E-state index < -0.39 is 0 Å². The van der Waals surface area contributed by atoms with Crippen LogP contribution in [0.2, 0.25) is 0 Å². The van der Waals surface area contributed by atoms with Gasteiger partial charge in [0.05, 0.1) is 0 Å². The number of hydrogen-bond acceptors (Lipinski definition) is 6. The standard InChI is InChI=1S/C21H35N5O/c27-16-19-7-4-8-26(15-19)21-13-20(22-17-23-21)25-11-9-24(10-12-25)14-18-5-2-1-3-6-18/h13,17-19,27H,1-12,14-16H2. The molecule has 0 aromatic carbocycles. The summed E-state index contributed by atoms with van der Waals surface area (Å²) in [5.41, 5.74) is 0. The third-order valence-electron chi connectivity index (χ3n) is 6.68. The van der Waals surface area contributed by atoms with Crippen LogP contribution in [-0.4, -0.2) is 72.4 Å². The molecule has 1 aliphatic carbocycles. The zero-order valence-electron chi connectivity index (χ0n) is 16.6. The lowest BCUT2D eigenvalue weighted by Gasteiger charge is -2.38. The zero-order valence-corrected chi connectivity index (χ0v) is 16.6. The highest BCUT2D eigenvalue weighted by Crippen LogP contribution is 2.26. The van der Waals surface area contributed by atoms with Crippen molar-refractivity contribution in [2.24, 2.45) is 11.8 Å². The molecule has 150 valence electrons. The minimum atomic E-state index is 0.275. The van der Waals surface area contributed by atoms with Gasteiger partial charge in [-0.05, 0) is 37.5 Å². The first-order valence-electron chi connectivity index (χ1n) is 11.0. The third-order valence-corrected chi connectivity index (χ3v) is 6.68. The number of nitrogens with zero attached hydrogens (tertiary/aromatic N) is 5. The number of aliphatic hydroxyl groups is 1. The van der Waals surface area contributed by atoms with E-state index >= 15 is 0 Å². The number of rotatable bonds is 5. The molecule has 1 N–H and O–H groups in total. The SMILES string of the molecule is OCC1CCCN(c2cc(N3CCN(CC4CCCCC4)CC3)ncn2)C1. The largest absolute Gasteiger partial charge is 0.396 e. The second kappa shape index (κ2) is 9.20. The van der Waals surface area contributed by atoms with E-state index in [0.717, 1.165) is 69.7 Å². The van der Waals surface area contributed by atoms with E-state index in [9.17, 15) is 5.11 Å². The maximum atomic E-state index is 9.48. The summed E-state index contributed by atoms with van der Waals surface area (Å²) in [5.74, 6) is 3.38. The highest BCUT2D eigenvalue weighted by atomic mass is 16.3. The zero-order chi connectivity index (χ0) is 18.5. The van der Waals surface area contributed by atoms with Gasteiger partial charge in [0.2, 0.25) is 0 Å². The van der Waals surface area contributed by atoms with E-state index in [0.29, 0.717) is 5.92 Å². The van der Waals surface area contributed by atoms with Gasteiger partial charge in [-0.2, -0.15) is 0 Å². The van der Waals surface area contributed by atoms with Crippen molar-refractivity contribution in [2.45, 2.75) is 44.9 Å². The molecule has 0 radical (unpaired) electrons. The van der Waals surface area contributed by atoms with Crippen LogP contribution in [0.4, 0.5) is 11.6 Å². The maximum absolute atomic E-state index is 9.48. The lowest BCUT2D eigenvalue weighted by atomic mass is 9.89. The van der Waals surface area contributed by atoms with Crippen LogP contribution in [0.1, 0.15) is 44.9 Å². The average molecular weight is 374 g/mol. The molecule has 3 aliphatic rings. The van der Waals surface area contributed by atoms with Crippen LogP contribution in [0.15, 0.2) is 12.4 Å². The first-order chi connectivity index (χ1) is 13.3. The second-order valence-corrected chi connectivity index (χ2v) is 8.66. The molecule has 3 heterocycles. The number of aromatic nitrogens is 2. The van der Waals surface area contributed by atoms with Crippen molar-refractivity contribution in [3.05, 3.63) is 12.4 Å². The van der Waals surface area contributed by atoms with Gasteiger partial charge in [-0.3, -0.25) is 4.90 Å². The Bertz CT molecular complexity index is 584. The van der Waals surface area contributed by atoms with Gasteiger partial charge in [-0.25, -0.2) is 9.97 Å². The van der Waals surface area contributed by atoms with E-state index in [2.05, 4.69) is 30.7 Å². The maximum Gasteiger partial charge on any atom is 0.134 e. The third kappa shape index (κ3) is 4.91. The molecule has 1 unspecified atom stereocenters. The van der Waals surface area contributed by atoms with E-state index in [1.165, 1.54) is 38.6 Å². The van der Waals surface area contributed by atoms with Crippen molar-refractivity contribution in [1.29, 1.82) is 0 Å². The fraction of sp³-hybridized carbons (Fsp3) is 0.810. The summed E-state index contributed by atoms with van der Waals surface area (Å²) < 4.78 is 0. The molecule has 4 rings (SSSR count). The number of anilines is 2. The van der Waals surface area contributed by atoms with Crippen LogP contribution in [0.5, 0.6) is 0 Å². The minimum Gasteiger partial charge on any atom is -0.396 e. The van der Waals surface area contributed by atoms with Crippen LogP contribution in [0.25, 0.3) is 0 Å². The normalized spacial score (nSPS) is 25.7. The molecular weight excluding hydrogens is 338 g/mol. The molecule has 6 nitrogen and oxygen atoms in total. The van der Waals surface area contributed by atoms with Gasteiger partial charge in [0.25, 0.3) is 0 Å². The quantitative estimate of drug-likeness (QED) is 0.855. The molecule has 1 saturated carbocycles. The molecule has 1 aromatic rings. The van der Waals surface area contributed by atoms with Gasteiger partial charge < -0.3 is 14.9 Å². The number of hydrogen-bond donors (Lipinski definition) is 1. The molecule has 2 saturated heterocycles. The Labute approximate surface area is 163 Å². The highest BCUT2D eigenvalue weighted by Gasteiger charge is 2.24. The van der Waals surface area contributed by atoms with Crippen molar-refractivity contribution < 1.29 is 5.11 Å². The van der Waals surface area contributed by atoms with E-state index in [-0.39, 0.29) is 6.61 Å². The summed E-state index contributed by atoms with van der Waals surface area (Å²) >= 11 is 0. The van der Waals surface area contributed by atoms with Gasteiger partial charge >= 0.3 is 0 Å². The number of piperazine rings is 1. The highest BCUT2D eigenvalue weighted by molar-refractivity contribution is 5.50. The molecular formula is C21H35N5O. The molecule has 27 heavy (non-hydrogen) atoms. The summed E-state index contributed by atoms with van der Waals surface area (Å²) in [6, 6.07) is 2.15. The van der Waals surface area contributed by atoms with Crippen LogP contribution in [0, 0.1) is 11.8 Å². The number of piperidine rings is 1. The van der Waals surface area contributed by atoms with E-state index in [1.807, 2.05) is 0 Å². The summed E-state index contributed by atoms with van der Waals surface area (Å²) in [5, 5.41) is 9.48. The van der Waals surface area contributed by atoms with Gasteiger partial charge in [-0.1, -0.05) is 19.3 Å². The Hall–Kier alpha value is -1.40. The molecule has 1 aromatic heterocycles. The van der Waals surface area contributed by atoms with Gasteiger partial charge in [0.1, 0.15) is 18.0 Å². The smallest absolute Gasteiger partial charge is 0.134 e. The van der Waals surface area contributed by atoms with Crippen molar-refractivity contribution in [1.82, 2.24) is 14.9 Å². The molecule has 0 bridgehead atoms. The summed E-state index contributed by atoms with van der Waals surface area (Å²) in [6.07, 6.45) is 11.1. The van der Waals surface area contributed by atoms with Gasteiger partial charge in [0.15, 0.2) is 0 Å². The Kier molecular flexibility index (Phi) is 6.45. The summed E-state index contributed by atoms with van der Waals surface area (Å²) in [7, 11) is 0. The Balaban J connectivity index is 1.31. The fourth-order valence-electron chi connectivity index (χ4n) is 5.00. The Morgan fingerprint density at radius 1 is 0.815 bits per heavy atom. The second-order valence-electron chi connectivity index (χ2n) is 8.66. The monoisotopic (exact) mass is 373 g/mol. The topological polar surface area (TPSA) is 55.7 Å². The lowest BCUT2D eigenvalue weighted by Crippen LogP contribution is -2.48. The molecule has 1 atom stereocenters. The fourth-order valence-corrected chi connectivity index (χ4v) is 5.00. The Morgan fingerprint density at radius 3 is 2.26 bits per heavy atom. The minimum absolute atomic E-state index is 0.275. The van der Waals surface area contributed by atoms with Crippen LogP contribution in [-0.2, 0) is 0 Å². The predicted molar refractivity (Wildman–Crippen MR) is 109 cm³/mol. The van der Waals surface area contributed by atoms with Crippen molar-refractivity contribution in [2.75, 3.05) is 62.2 Å². The molecule has 2 aliphatic heterocycles. The lowest BCUT2D eigenvalue weighted by molar-refractivity contribution is 0.191. The van der Waals surface area contributed by atoms with Crippen molar-refractivity contribution >= 4 is 11.6 Å².